The van der Waals surface area contributed by atoms with Gasteiger partial charge in [-0.15, -0.1) is 11.3 Å². The van der Waals surface area contributed by atoms with Crippen LogP contribution in [0, 0.1) is 11.3 Å². The minimum atomic E-state index is -3.68. The van der Waals surface area contributed by atoms with Crippen molar-refractivity contribution in [1.82, 2.24) is 4.98 Å². The summed E-state index contributed by atoms with van der Waals surface area (Å²) in [5.74, 6) is 0.450. The highest BCUT2D eigenvalue weighted by Crippen LogP contribution is 2.34. The summed E-state index contributed by atoms with van der Waals surface area (Å²) in [7, 11) is -3.68. The second-order valence-corrected chi connectivity index (χ2v) is 9.82. The van der Waals surface area contributed by atoms with E-state index in [9.17, 15) is 13.7 Å². The molecule has 3 rings (SSSR count). The zero-order valence-electron chi connectivity index (χ0n) is 15.0. The van der Waals surface area contributed by atoms with Gasteiger partial charge in [-0.1, -0.05) is 31.4 Å². The molecule has 0 bridgehead atoms. The maximum Gasteiger partial charge on any atom is 0.263 e. The van der Waals surface area contributed by atoms with Crippen LogP contribution in [0.5, 0.6) is 0 Å². The molecule has 1 fully saturated rings. The Bertz CT molecular complexity index is 903. The van der Waals surface area contributed by atoms with Gasteiger partial charge < -0.3 is 0 Å². The van der Waals surface area contributed by atoms with Crippen LogP contribution in [0.4, 0.5) is 5.13 Å². The first-order valence-corrected chi connectivity index (χ1v) is 11.2. The average Bonchev–Trinajstić information content (AvgIpc) is 3.10. The van der Waals surface area contributed by atoms with Crippen molar-refractivity contribution in [3.63, 3.8) is 0 Å². The molecule has 1 N–H and O–H groups in total. The first kappa shape index (κ1) is 18.9. The zero-order valence-corrected chi connectivity index (χ0v) is 16.7. The lowest BCUT2D eigenvalue weighted by atomic mass is 9.87. The predicted octanol–water partition coefficient (Wildman–Crippen LogP) is 4.79. The SMILES string of the molecule is CC(C)(C#N)c1ccc(S(=O)(=O)Nc2nc(C3CCCCC3)cs2)cc1. The van der Waals surface area contributed by atoms with Gasteiger partial charge in [0.25, 0.3) is 10.0 Å². The number of nitrogens with zero attached hydrogens (tertiary/aromatic N) is 2. The molecule has 0 amide bonds. The van der Waals surface area contributed by atoms with Crippen LogP contribution in [0.25, 0.3) is 0 Å². The third-order valence-corrected chi connectivity index (χ3v) is 7.19. The first-order valence-electron chi connectivity index (χ1n) is 8.82. The van der Waals surface area contributed by atoms with Gasteiger partial charge in [-0.25, -0.2) is 13.4 Å². The number of nitriles is 1. The molecule has 0 radical (unpaired) electrons. The molecule has 0 saturated heterocycles. The van der Waals surface area contributed by atoms with Crippen molar-refractivity contribution in [1.29, 1.82) is 5.26 Å². The molecule has 1 saturated carbocycles. The Morgan fingerprint density at radius 1 is 1.19 bits per heavy atom. The Balaban J connectivity index is 1.75. The Morgan fingerprint density at radius 3 is 2.46 bits per heavy atom. The highest BCUT2D eigenvalue weighted by molar-refractivity contribution is 7.93. The van der Waals surface area contributed by atoms with E-state index in [2.05, 4.69) is 15.8 Å². The lowest BCUT2D eigenvalue weighted by Crippen LogP contribution is -2.16. The van der Waals surface area contributed by atoms with Gasteiger partial charge >= 0.3 is 0 Å². The monoisotopic (exact) mass is 389 g/mol. The smallest absolute Gasteiger partial charge is 0.255 e. The van der Waals surface area contributed by atoms with Gasteiger partial charge in [0.1, 0.15) is 0 Å². The first-order chi connectivity index (χ1) is 12.3. The minimum absolute atomic E-state index is 0.171. The number of benzene rings is 1. The van der Waals surface area contributed by atoms with Gasteiger partial charge in [-0.3, -0.25) is 4.72 Å². The molecule has 1 heterocycles. The molecular weight excluding hydrogens is 366 g/mol. The van der Waals surface area contributed by atoms with Gasteiger partial charge in [0.05, 0.1) is 22.1 Å². The van der Waals surface area contributed by atoms with Crippen molar-refractivity contribution in [3.8, 4) is 6.07 Å². The second-order valence-electron chi connectivity index (χ2n) is 7.28. The molecule has 26 heavy (non-hydrogen) atoms. The average molecular weight is 390 g/mol. The summed E-state index contributed by atoms with van der Waals surface area (Å²) in [5.41, 5.74) is 1.13. The minimum Gasteiger partial charge on any atom is -0.255 e. The van der Waals surface area contributed by atoms with Crippen LogP contribution in [0.3, 0.4) is 0 Å². The molecule has 2 aromatic rings. The Morgan fingerprint density at radius 2 is 1.85 bits per heavy atom. The molecular formula is C19H23N3O2S2. The quantitative estimate of drug-likeness (QED) is 0.797. The van der Waals surface area contributed by atoms with Crippen LogP contribution in [0.15, 0.2) is 34.5 Å². The topological polar surface area (TPSA) is 82.8 Å². The molecule has 0 atom stereocenters. The Labute approximate surface area is 159 Å². The van der Waals surface area contributed by atoms with E-state index < -0.39 is 15.4 Å². The third kappa shape index (κ3) is 4.08. The van der Waals surface area contributed by atoms with Crippen molar-refractivity contribution in [2.24, 2.45) is 0 Å². The van der Waals surface area contributed by atoms with Crippen LogP contribution in [-0.4, -0.2) is 13.4 Å². The Hall–Kier alpha value is -1.91. The largest absolute Gasteiger partial charge is 0.263 e. The van der Waals surface area contributed by atoms with Crippen LogP contribution in [0.2, 0.25) is 0 Å². The van der Waals surface area contributed by atoms with Gasteiger partial charge in [0.2, 0.25) is 0 Å². The Kier molecular flexibility index (Phi) is 5.35. The molecule has 1 aromatic heterocycles. The molecule has 5 nitrogen and oxygen atoms in total. The summed E-state index contributed by atoms with van der Waals surface area (Å²) in [6.07, 6.45) is 5.97. The lowest BCUT2D eigenvalue weighted by Gasteiger charge is -2.19. The summed E-state index contributed by atoms with van der Waals surface area (Å²) >= 11 is 1.33. The molecule has 1 aliphatic carbocycles. The van der Waals surface area contributed by atoms with Crippen molar-refractivity contribution >= 4 is 26.5 Å². The number of hydrogen-bond acceptors (Lipinski definition) is 5. The van der Waals surface area contributed by atoms with Crippen molar-refractivity contribution in [2.75, 3.05) is 4.72 Å². The van der Waals surface area contributed by atoms with Crippen LogP contribution in [-0.2, 0) is 15.4 Å². The highest BCUT2D eigenvalue weighted by atomic mass is 32.2. The van der Waals surface area contributed by atoms with Crippen LogP contribution >= 0.6 is 11.3 Å². The molecule has 0 spiro atoms. The standard InChI is InChI=1S/C19H23N3O2S2/c1-19(2,13-20)15-8-10-16(11-9-15)26(23,24)22-18-21-17(12-25-18)14-6-4-3-5-7-14/h8-12,14H,3-7H2,1-2H3,(H,21,22). The van der Waals surface area contributed by atoms with E-state index in [1.807, 2.05) is 5.38 Å². The van der Waals surface area contributed by atoms with E-state index in [0.29, 0.717) is 11.0 Å². The number of nitrogens with one attached hydrogen (secondary N) is 1. The highest BCUT2D eigenvalue weighted by Gasteiger charge is 2.23. The number of thiazole rings is 1. The fraction of sp³-hybridized carbons (Fsp3) is 0.474. The van der Waals surface area contributed by atoms with E-state index >= 15 is 0 Å². The van der Waals surface area contributed by atoms with Crippen molar-refractivity contribution < 1.29 is 8.42 Å². The number of aromatic nitrogens is 1. The predicted molar refractivity (Wildman–Crippen MR) is 104 cm³/mol. The maximum absolute atomic E-state index is 12.6. The van der Waals surface area contributed by atoms with Crippen LogP contribution < -0.4 is 4.72 Å². The molecule has 7 heteroatoms. The number of rotatable bonds is 5. The van der Waals surface area contributed by atoms with Crippen molar-refractivity contribution in [3.05, 3.63) is 40.9 Å². The van der Waals surface area contributed by atoms with Gasteiger partial charge in [-0.05, 0) is 44.4 Å². The van der Waals surface area contributed by atoms with Crippen molar-refractivity contribution in [2.45, 2.75) is 62.2 Å². The van der Waals surface area contributed by atoms with Crippen LogP contribution in [0.1, 0.15) is 63.1 Å². The number of anilines is 1. The fourth-order valence-electron chi connectivity index (χ4n) is 3.21. The normalized spacial score (nSPS) is 16.2. The van der Waals surface area contributed by atoms with Gasteiger partial charge in [0, 0.05) is 11.3 Å². The summed E-state index contributed by atoms with van der Waals surface area (Å²) in [5, 5.41) is 11.6. The van der Waals surface area contributed by atoms with E-state index in [1.54, 1.807) is 26.0 Å². The molecule has 138 valence electrons. The molecule has 0 aliphatic heterocycles. The fourth-order valence-corrected chi connectivity index (χ4v) is 5.25. The van der Waals surface area contributed by atoms with E-state index in [4.69, 9.17) is 0 Å². The maximum atomic E-state index is 12.6. The molecule has 1 aromatic carbocycles. The summed E-state index contributed by atoms with van der Waals surface area (Å²) in [6, 6.07) is 8.66. The van der Waals surface area contributed by atoms with Gasteiger partial charge in [-0.2, -0.15) is 5.26 Å². The zero-order chi connectivity index (χ0) is 18.8. The third-order valence-electron chi connectivity index (χ3n) is 4.93. The number of sulfonamides is 1. The van der Waals surface area contributed by atoms with Gasteiger partial charge in [0.15, 0.2) is 5.13 Å². The van der Waals surface area contributed by atoms with E-state index in [-0.39, 0.29) is 4.90 Å². The second kappa shape index (κ2) is 7.37. The summed E-state index contributed by atoms with van der Waals surface area (Å²) in [4.78, 5) is 4.67. The summed E-state index contributed by atoms with van der Waals surface area (Å²) in [6.45, 7) is 3.61. The summed E-state index contributed by atoms with van der Waals surface area (Å²) < 4.78 is 27.8. The molecule has 0 unspecified atom stereocenters. The molecule has 1 aliphatic rings. The van der Waals surface area contributed by atoms with E-state index in [1.165, 1.54) is 42.7 Å². The number of hydrogen-bond donors (Lipinski definition) is 1. The van der Waals surface area contributed by atoms with E-state index in [0.717, 1.165) is 24.1 Å². The lowest BCUT2D eigenvalue weighted by molar-refractivity contribution is 0.438.